The number of carbonyl (C=O) groups is 6. The summed E-state index contributed by atoms with van der Waals surface area (Å²) in [6.45, 7) is 0.232. The molecule has 0 aliphatic heterocycles. The van der Waals surface area contributed by atoms with Gasteiger partial charge < -0.3 is 59.9 Å². The molecule has 0 aliphatic carbocycles. The number of nitrogens with one attached hydrogen (secondary N) is 3. The lowest BCUT2D eigenvalue weighted by Crippen LogP contribution is -2.57. The zero-order valence-corrected chi connectivity index (χ0v) is 21.7. The molecule has 4 unspecified atom stereocenters. The van der Waals surface area contributed by atoms with Crippen LogP contribution in [0, 0.1) is 0 Å². The molecule has 0 radical (unpaired) electrons. The van der Waals surface area contributed by atoms with Crippen LogP contribution < -0.4 is 44.6 Å². The SMILES string of the molecule is NC(N)=NCCCC(N)C(=O)NC(CCC(=O)O)C(=O)NC(CCCN=C(N)N)C(=O)NC(CC(=O)O)C(=O)O. The second-order valence-corrected chi connectivity index (χ2v) is 8.56. The Morgan fingerprint density at radius 3 is 1.52 bits per heavy atom. The summed E-state index contributed by atoms with van der Waals surface area (Å²) in [5.74, 6) is -7.54. The number of hydrogen-bond donors (Lipinski definition) is 11. The van der Waals surface area contributed by atoms with E-state index in [0.29, 0.717) is 6.42 Å². The van der Waals surface area contributed by atoms with Crippen LogP contribution in [0.3, 0.4) is 0 Å². The molecule has 40 heavy (non-hydrogen) atoms. The van der Waals surface area contributed by atoms with Gasteiger partial charge in [0, 0.05) is 19.5 Å². The minimum atomic E-state index is -1.80. The lowest BCUT2D eigenvalue weighted by atomic mass is 10.1. The van der Waals surface area contributed by atoms with E-state index >= 15 is 0 Å². The monoisotopic (exact) mass is 574 g/mol. The normalized spacial score (nSPS) is 13.4. The van der Waals surface area contributed by atoms with Crippen molar-refractivity contribution < 1.29 is 44.1 Å². The van der Waals surface area contributed by atoms with E-state index in [4.69, 9.17) is 38.9 Å². The fraction of sp³-hybridized carbons (Fsp3) is 0.619. The first-order valence-electron chi connectivity index (χ1n) is 12.1. The van der Waals surface area contributed by atoms with Gasteiger partial charge in [-0.25, -0.2) is 4.79 Å². The number of rotatable bonds is 20. The average molecular weight is 575 g/mol. The summed E-state index contributed by atoms with van der Waals surface area (Å²) < 4.78 is 0. The molecule has 0 aromatic carbocycles. The highest BCUT2D eigenvalue weighted by Crippen LogP contribution is 2.06. The molecule has 16 N–H and O–H groups in total. The Morgan fingerprint density at radius 1 is 0.625 bits per heavy atom. The Kier molecular flexibility index (Phi) is 16.4. The predicted molar refractivity (Wildman–Crippen MR) is 140 cm³/mol. The van der Waals surface area contributed by atoms with Crippen LogP contribution in [0.1, 0.15) is 44.9 Å². The number of carboxylic acid groups (broad SMARTS) is 3. The first kappa shape index (κ1) is 35.3. The number of carboxylic acids is 3. The third-order valence-electron chi connectivity index (χ3n) is 5.16. The molecule has 0 saturated heterocycles. The number of guanidine groups is 2. The molecular formula is C21H38N10O9. The molecule has 0 fully saturated rings. The van der Waals surface area contributed by atoms with Crippen LogP contribution in [0.15, 0.2) is 9.98 Å². The standard InChI is InChI=1S/C21H38N10O9/c22-10(3-1-7-27-20(23)24)16(36)29-12(5-6-14(32)33)18(38)30-11(4-2-8-28-21(25)26)17(37)31-13(19(39)40)9-15(34)35/h10-13H,1-9,22H2,(H,29,36)(H,30,38)(H,31,37)(H,32,33)(H,34,35)(H,39,40)(H4,23,24,27)(H4,25,26,28). The molecule has 0 saturated carbocycles. The van der Waals surface area contributed by atoms with E-state index < -0.39 is 72.6 Å². The van der Waals surface area contributed by atoms with Gasteiger partial charge in [0.25, 0.3) is 0 Å². The summed E-state index contributed by atoms with van der Waals surface area (Å²) in [4.78, 5) is 79.4. The second kappa shape index (κ2) is 18.6. The van der Waals surface area contributed by atoms with E-state index in [2.05, 4.69) is 20.6 Å². The summed E-state index contributed by atoms with van der Waals surface area (Å²) in [6.07, 6.45) is -1.37. The van der Waals surface area contributed by atoms with E-state index in [0.717, 1.165) is 0 Å². The lowest BCUT2D eigenvalue weighted by Gasteiger charge is -2.25. The third kappa shape index (κ3) is 16.2. The van der Waals surface area contributed by atoms with Crippen molar-refractivity contribution in [3.05, 3.63) is 0 Å². The van der Waals surface area contributed by atoms with Gasteiger partial charge in [0.2, 0.25) is 17.7 Å². The van der Waals surface area contributed by atoms with Crippen LogP contribution in [-0.2, 0) is 28.8 Å². The van der Waals surface area contributed by atoms with E-state index in [-0.39, 0.29) is 50.7 Å². The zero-order valence-electron chi connectivity index (χ0n) is 21.7. The number of aliphatic carboxylic acids is 3. The van der Waals surface area contributed by atoms with Gasteiger partial charge in [-0.15, -0.1) is 0 Å². The highest BCUT2D eigenvalue weighted by Gasteiger charge is 2.31. The molecule has 0 bridgehead atoms. The number of carbonyl (C=O) groups excluding carboxylic acids is 3. The molecular weight excluding hydrogens is 536 g/mol. The zero-order chi connectivity index (χ0) is 30.8. The Hall–Kier alpha value is -4.68. The van der Waals surface area contributed by atoms with Crippen LogP contribution >= 0.6 is 0 Å². The third-order valence-corrected chi connectivity index (χ3v) is 5.16. The Balaban J connectivity index is 5.66. The van der Waals surface area contributed by atoms with Crippen LogP contribution in [-0.4, -0.2) is 100 Å². The molecule has 226 valence electrons. The maximum absolute atomic E-state index is 13.0. The summed E-state index contributed by atoms with van der Waals surface area (Å²) in [6, 6.07) is -5.76. The van der Waals surface area contributed by atoms with Gasteiger partial charge in [-0.2, -0.15) is 0 Å². The molecule has 4 atom stereocenters. The van der Waals surface area contributed by atoms with Crippen molar-refractivity contribution in [3.63, 3.8) is 0 Å². The van der Waals surface area contributed by atoms with Crippen molar-refractivity contribution in [3.8, 4) is 0 Å². The topological polar surface area (TPSA) is 354 Å². The van der Waals surface area contributed by atoms with Crippen LogP contribution in [0.2, 0.25) is 0 Å². The predicted octanol–water partition coefficient (Wildman–Crippen LogP) is -4.70. The molecule has 0 aromatic heterocycles. The van der Waals surface area contributed by atoms with Gasteiger partial charge in [0.1, 0.15) is 18.1 Å². The van der Waals surface area contributed by atoms with E-state index in [1.807, 2.05) is 5.32 Å². The summed E-state index contributed by atoms with van der Waals surface area (Å²) in [5.41, 5.74) is 26.8. The van der Waals surface area contributed by atoms with Gasteiger partial charge in [0.15, 0.2) is 11.9 Å². The number of amides is 3. The maximum Gasteiger partial charge on any atom is 0.326 e. The molecule has 19 nitrogen and oxygen atoms in total. The minimum absolute atomic E-state index is 0.0351. The minimum Gasteiger partial charge on any atom is -0.481 e. The van der Waals surface area contributed by atoms with Crippen molar-refractivity contribution in [2.45, 2.75) is 69.1 Å². The average Bonchev–Trinajstić information content (AvgIpc) is 2.84. The first-order valence-corrected chi connectivity index (χ1v) is 12.1. The van der Waals surface area contributed by atoms with E-state index in [1.54, 1.807) is 0 Å². The Labute approximate surface area is 229 Å². The molecule has 0 heterocycles. The van der Waals surface area contributed by atoms with Crippen LogP contribution in [0.25, 0.3) is 0 Å². The highest BCUT2D eigenvalue weighted by atomic mass is 16.4. The second-order valence-electron chi connectivity index (χ2n) is 8.56. The number of aliphatic imine (C=N–C) groups is 2. The fourth-order valence-corrected chi connectivity index (χ4v) is 3.16. The quantitative estimate of drug-likeness (QED) is 0.0369. The largest absolute Gasteiger partial charge is 0.481 e. The van der Waals surface area contributed by atoms with Crippen LogP contribution in [0.4, 0.5) is 0 Å². The van der Waals surface area contributed by atoms with Crippen molar-refractivity contribution in [2.75, 3.05) is 13.1 Å². The van der Waals surface area contributed by atoms with Crippen molar-refractivity contribution in [1.29, 1.82) is 0 Å². The van der Waals surface area contributed by atoms with Crippen molar-refractivity contribution in [1.82, 2.24) is 16.0 Å². The number of hydrogen-bond acceptors (Lipinski definition) is 9. The maximum atomic E-state index is 13.0. The van der Waals surface area contributed by atoms with Gasteiger partial charge in [-0.3, -0.25) is 34.0 Å². The molecule has 0 aromatic rings. The van der Waals surface area contributed by atoms with Gasteiger partial charge in [0.05, 0.1) is 12.5 Å². The summed E-state index contributed by atoms with van der Waals surface area (Å²) in [5, 5.41) is 33.9. The number of nitrogens with two attached hydrogens (primary N) is 5. The van der Waals surface area contributed by atoms with Crippen molar-refractivity contribution >= 4 is 47.5 Å². The lowest BCUT2D eigenvalue weighted by molar-refractivity contribution is -0.147. The molecule has 0 spiro atoms. The molecule has 3 amide bonds. The van der Waals surface area contributed by atoms with Crippen molar-refractivity contribution in [2.24, 2.45) is 38.7 Å². The smallest absolute Gasteiger partial charge is 0.326 e. The highest BCUT2D eigenvalue weighted by molar-refractivity contribution is 5.94. The fourth-order valence-electron chi connectivity index (χ4n) is 3.16. The summed E-state index contributed by atoms with van der Waals surface area (Å²) in [7, 11) is 0. The van der Waals surface area contributed by atoms with Crippen LogP contribution in [0.5, 0.6) is 0 Å². The number of nitrogens with zero attached hydrogens (tertiary/aromatic N) is 2. The Morgan fingerprint density at radius 2 is 1.07 bits per heavy atom. The molecule has 19 heteroatoms. The first-order chi connectivity index (χ1) is 18.6. The van der Waals surface area contributed by atoms with Gasteiger partial charge >= 0.3 is 17.9 Å². The molecule has 0 rings (SSSR count). The van der Waals surface area contributed by atoms with E-state index in [9.17, 15) is 33.9 Å². The van der Waals surface area contributed by atoms with E-state index in [1.165, 1.54) is 0 Å². The molecule has 0 aliphatic rings. The summed E-state index contributed by atoms with van der Waals surface area (Å²) >= 11 is 0. The van der Waals surface area contributed by atoms with Gasteiger partial charge in [-0.05, 0) is 32.1 Å². The van der Waals surface area contributed by atoms with Gasteiger partial charge in [-0.1, -0.05) is 0 Å². The Bertz CT molecular complexity index is 965.